The lowest BCUT2D eigenvalue weighted by Crippen LogP contribution is -2.36. The zero-order valence-electron chi connectivity index (χ0n) is 19.2. The molecule has 4 rings (SSSR count). The van der Waals surface area contributed by atoms with Crippen LogP contribution >= 0.6 is 11.6 Å². The minimum absolute atomic E-state index is 0.252. The summed E-state index contributed by atoms with van der Waals surface area (Å²) in [7, 11) is 0. The van der Waals surface area contributed by atoms with E-state index in [0.29, 0.717) is 46.0 Å². The van der Waals surface area contributed by atoms with Crippen LogP contribution < -0.4 is 10.6 Å². The third kappa shape index (κ3) is 5.39. The third-order valence-corrected chi connectivity index (χ3v) is 6.10. The number of ether oxygens (including phenoxy) is 1. The molecule has 0 radical (unpaired) electrons. The molecule has 0 spiro atoms. The van der Waals surface area contributed by atoms with Crippen LogP contribution in [0.15, 0.2) is 70.6 Å². The van der Waals surface area contributed by atoms with E-state index in [1.165, 1.54) is 24.7 Å². The van der Waals surface area contributed by atoms with Crippen LogP contribution in [-0.4, -0.2) is 48.9 Å². The summed E-state index contributed by atoms with van der Waals surface area (Å²) in [5, 5.41) is 0.996. The number of hydrogen-bond acceptors (Lipinski definition) is 6. The highest BCUT2D eigenvalue weighted by Gasteiger charge is 2.23. The molecule has 35 heavy (non-hydrogen) atoms. The Hall–Kier alpha value is -3.62. The van der Waals surface area contributed by atoms with Crippen LogP contribution in [0.4, 0.5) is 10.1 Å². The summed E-state index contributed by atoms with van der Waals surface area (Å²) in [6, 6.07) is 10.3. The number of allylic oxidation sites excluding steroid dienone is 2. The number of primary amides is 1. The molecule has 1 atom stereocenters. The minimum atomic E-state index is -0.817. The van der Waals surface area contributed by atoms with Crippen molar-refractivity contribution in [2.45, 2.75) is 12.8 Å². The number of aliphatic imine (C=N–C) groups is 1. The van der Waals surface area contributed by atoms with Gasteiger partial charge in [-0.3, -0.25) is 9.79 Å². The Morgan fingerprint density at radius 1 is 1.26 bits per heavy atom. The largest absolute Gasteiger partial charge is 0.378 e. The summed E-state index contributed by atoms with van der Waals surface area (Å²) in [5.74, 6) is -1.87. The quantitative estimate of drug-likeness (QED) is 0.384. The fourth-order valence-electron chi connectivity index (χ4n) is 4.26. The summed E-state index contributed by atoms with van der Waals surface area (Å²) in [5.41, 5.74) is 9.22. The first kappa shape index (κ1) is 24.5. The summed E-state index contributed by atoms with van der Waals surface area (Å²) >= 11 is 6.11. The second-order valence-corrected chi connectivity index (χ2v) is 8.62. The second kappa shape index (κ2) is 10.8. The van der Waals surface area contributed by atoms with Crippen LogP contribution in [0, 0.1) is 5.82 Å². The van der Waals surface area contributed by atoms with Crippen molar-refractivity contribution in [2.24, 2.45) is 10.7 Å². The van der Waals surface area contributed by atoms with Crippen LogP contribution in [0.25, 0.3) is 22.2 Å². The molecule has 2 N–H and O–H groups in total. The standard InChI is InChI=1S/C26H25ClFN5O2/c1-16(11-18(27)14-30-2)24(26(29)34)17-3-6-22(28)21(12-17)25-20-5-4-19(13-23(20)31-15-32-25)33-7-9-35-10-8-33/h3-6,11-15,24H,2,7-10H2,1H3,(H2,29,34)/b16-11+,18-14+. The van der Waals surface area contributed by atoms with Gasteiger partial charge in [-0.15, -0.1) is 0 Å². The molecule has 1 aliphatic rings. The molecule has 0 saturated carbocycles. The molecule has 1 aromatic heterocycles. The highest BCUT2D eigenvalue weighted by atomic mass is 35.5. The van der Waals surface area contributed by atoms with Gasteiger partial charge in [0.1, 0.15) is 12.1 Å². The molecule has 1 amide bonds. The lowest BCUT2D eigenvalue weighted by molar-refractivity contribution is -0.118. The zero-order chi connectivity index (χ0) is 24.9. The first-order chi connectivity index (χ1) is 16.9. The number of amides is 1. The summed E-state index contributed by atoms with van der Waals surface area (Å²) in [4.78, 5) is 27.0. The first-order valence-electron chi connectivity index (χ1n) is 11.1. The smallest absolute Gasteiger partial charge is 0.229 e. The van der Waals surface area contributed by atoms with Gasteiger partial charge in [0.25, 0.3) is 0 Å². The number of nitrogens with zero attached hydrogens (tertiary/aromatic N) is 4. The van der Waals surface area contributed by atoms with Gasteiger partial charge in [-0.25, -0.2) is 14.4 Å². The molecule has 1 fully saturated rings. The van der Waals surface area contributed by atoms with Gasteiger partial charge >= 0.3 is 0 Å². The molecule has 2 heterocycles. The van der Waals surface area contributed by atoms with Crippen molar-refractivity contribution in [3.63, 3.8) is 0 Å². The van der Waals surface area contributed by atoms with E-state index in [0.717, 1.165) is 18.8 Å². The normalized spacial score (nSPS) is 15.8. The molecule has 3 aromatic rings. The van der Waals surface area contributed by atoms with Crippen molar-refractivity contribution < 1.29 is 13.9 Å². The van der Waals surface area contributed by atoms with E-state index >= 15 is 4.39 Å². The molecule has 0 bridgehead atoms. The van der Waals surface area contributed by atoms with E-state index in [9.17, 15) is 4.79 Å². The molecular formula is C26H25ClFN5O2. The molecule has 1 unspecified atom stereocenters. The van der Waals surface area contributed by atoms with Crippen LogP contribution in [-0.2, 0) is 9.53 Å². The number of fused-ring (bicyclic) bond motifs is 1. The number of anilines is 1. The molecule has 180 valence electrons. The molecule has 1 aliphatic heterocycles. The van der Waals surface area contributed by atoms with E-state index in [4.69, 9.17) is 22.1 Å². The number of rotatable bonds is 7. The van der Waals surface area contributed by atoms with Crippen molar-refractivity contribution in [3.05, 3.63) is 77.0 Å². The Labute approximate surface area is 207 Å². The van der Waals surface area contributed by atoms with Gasteiger partial charge in [0.15, 0.2) is 0 Å². The summed E-state index contributed by atoms with van der Waals surface area (Å²) < 4.78 is 20.5. The molecule has 0 aliphatic carbocycles. The fraction of sp³-hybridized carbons (Fsp3) is 0.231. The van der Waals surface area contributed by atoms with Gasteiger partial charge in [0, 0.05) is 35.9 Å². The van der Waals surface area contributed by atoms with Crippen LogP contribution in [0.2, 0.25) is 0 Å². The van der Waals surface area contributed by atoms with Gasteiger partial charge in [0.2, 0.25) is 5.91 Å². The van der Waals surface area contributed by atoms with Crippen LogP contribution in [0.1, 0.15) is 18.4 Å². The summed E-state index contributed by atoms with van der Waals surface area (Å²) in [6.45, 7) is 8.02. The number of nitrogens with two attached hydrogens (primary N) is 1. The number of hydrogen-bond donors (Lipinski definition) is 1. The number of carbonyl (C=O) groups excluding carboxylic acids is 1. The molecule has 7 nitrogen and oxygen atoms in total. The number of benzene rings is 2. The third-order valence-electron chi connectivity index (χ3n) is 5.90. The topological polar surface area (TPSA) is 93.7 Å². The Morgan fingerprint density at radius 3 is 2.74 bits per heavy atom. The molecular weight excluding hydrogens is 469 g/mol. The van der Waals surface area contributed by atoms with Crippen molar-refractivity contribution in [1.82, 2.24) is 9.97 Å². The maximum absolute atomic E-state index is 15.1. The van der Waals surface area contributed by atoms with Crippen molar-refractivity contribution in [1.29, 1.82) is 0 Å². The second-order valence-electron chi connectivity index (χ2n) is 8.18. The average molecular weight is 494 g/mol. The van der Waals surface area contributed by atoms with Gasteiger partial charge in [-0.1, -0.05) is 23.2 Å². The Balaban J connectivity index is 1.77. The SMILES string of the molecule is C=N/C=C(Cl)\C=C(/C)C(C(N)=O)c1ccc(F)c(-c2ncnc3cc(N4CCOCC4)ccc23)c1. The Morgan fingerprint density at radius 2 is 2.03 bits per heavy atom. The summed E-state index contributed by atoms with van der Waals surface area (Å²) in [6.07, 6.45) is 4.36. The lowest BCUT2D eigenvalue weighted by atomic mass is 9.89. The molecule has 2 aromatic carbocycles. The number of halogens is 2. The van der Waals surface area contributed by atoms with E-state index in [2.05, 4.69) is 26.6 Å². The zero-order valence-corrected chi connectivity index (χ0v) is 20.0. The van der Waals surface area contributed by atoms with Gasteiger partial charge < -0.3 is 15.4 Å². The van der Waals surface area contributed by atoms with E-state index in [1.807, 2.05) is 18.2 Å². The predicted molar refractivity (Wildman–Crippen MR) is 137 cm³/mol. The first-order valence-corrected chi connectivity index (χ1v) is 11.4. The minimum Gasteiger partial charge on any atom is -0.378 e. The lowest BCUT2D eigenvalue weighted by Gasteiger charge is -2.29. The monoisotopic (exact) mass is 493 g/mol. The maximum atomic E-state index is 15.1. The Bertz CT molecular complexity index is 1330. The van der Waals surface area contributed by atoms with Crippen molar-refractivity contribution in [3.8, 4) is 11.3 Å². The van der Waals surface area contributed by atoms with E-state index in [-0.39, 0.29) is 5.56 Å². The van der Waals surface area contributed by atoms with E-state index < -0.39 is 17.6 Å². The molecule has 9 heteroatoms. The fourth-order valence-corrected chi connectivity index (χ4v) is 4.50. The van der Waals surface area contributed by atoms with E-state index in [1.54, 1.807) is 19.1 Å². The highest BCUT2D eigenvalue weighted by molar-refractivity contribution is 6.31. The number of aromatic nitrogens is 2. The highest BCUT2D eigenvalue weighted by Crippen LogP contribution is 2.34. The predicted octanol–water partition coefficient (Wildman–Crippen LogP) is 4.57. The van der Waals surface area contributed by atoms with Gasteiger partial charge in [0.05, 0.1) is 35.4 Å². The van der Waals surface area contributed by atoms with Gasteiger partial charge in [-0.2, -0.15) is 0 Å². The van der Waals surface area contributed by atoms with Crippen molar-refractivity contribution in [2.75, 3.05) is 31.2 Å². The van der Waals surface area contributed by atoms with Crippen LogP contribution in [0.5, 0.6) is 0 Å². The number of carbonyl (C=O) groups is 1. The average Bonchev–Trinajstić information content (AvgIpc) is 2.85. The van der Waals surface area contributed by atoms with Crippen molar-refractivity contribution >= 4 is 40.8 Å². The number of morpholine rings is 1. The van der Waals surface area contributed by atoms with Gasteiger partial charge in [-0.05, 0) is 55.6 Å². The molecule has 1 saturated heterocycles. The Kier molecular flexibility index (Phi) is 7.53. The maximum Gasteiger partial charge on any atom is 0.229 e. The van der Waals surface area contributed by atoms with Crippen LogP contribution in [0.3, 0.4) is 0 Å².